The average Bonchev–Trinajstić information content (AvgIpc) is 3.98. The summed E-state index contributed by atoms with van der Waals surface area (Å²) in [5.74, 6) is -3.44. The van der Waals surface area contributed by atoms with E-state index in [2.05, 4.69) is 56.4 Å². The number of halogens is 3. The van der Waals surface area contributed by atoms with Crippen molar-refractivity contribution in [2.24, 2.45) is 0 Å². The molecule has 16 nitrogen and oxygen atoms in total. The molecule has 20 heteroatoms. The number of unbranched alkanes of at least 4 members (excludes halogenated alkanes) is 5. The second-order valence-electron chi connectivity index (χ2n) is 20.2. The van der Waals surface area contributed by atoms with Gasteiger partial charge in [-0.2, -0.15) is 4.39 Å². The molecule has 3 fully saturated rings. The zero-order valence-corrected chi connectivity index (χ0v) is 43.1. The lowest BCUT2D eigenvalue weighted by Gasteiger charge is -2.44. The van der Waals surface area contributed by atoms with Gasteiger partial charge in [-0.3, -0.25) is 29.2 Å². The van der Waals surface area contributed by atoms with E-state index >= 15 is 0 Å². The molecule has 0 saturated carbocycles. The van der Waals surface area contributed by atoms with Crippen molar-refractivity contribution in [2.75, 3.05) is 108 Å². The van der Waals surface area contributed by atoms with Crippen molar-refractivity contribution in [3.63, 3.8) is 0 Å². The molecule has 3 amide bonds. The number of piperazine rings is 1. The number of hydrogen-bond acceptors (Lipinski definition) is 14. The van der Waals surface area contributed by atoms with Crippen molar-refractivity contribution in [3.05, 3.63) is 87.8 Å². The number of nitrogens with zero attached hydrogens (tertiary/aromatic N) is 6. The van der Waals surface area contributed by atoms with Gasteiger partial charge in [-0.1, -0.05) is 51.7 Å². The summed E-state index contributed by atoms with van der Waals surface area (Å²) >= 11 is 1.40. The highest BCUT2D eigenvalue weighted by Gasteiger charge is 2.42. The molecular formula is C53H70F3N9O7S. The Balaban J connectivity index is 0.745. The lowest BCUT2D eigenvalue weighted by Crippen LogP contribution is -2.63. The van der Waals surface area contributed by atoms with E-state index < -0.39 is 35.6 Å². The quantitative estimate of drug-likeness (QED) is 0.0760. The Morgan fingerprint density at radius 1 is 0.918 bits per heavy atom. The van der Waals surface area contributed by atoms with Crippen molar-refractivity contribution in [2.45, 2.75) is 95.9 Å². The first-order valence-electron chi connectivity index (χ1n) is 25.7. The van der Waals surface area contributed by atoms with Gasteiger partial charge in [0.1, 0.15) is 11.9 Å². The molecule has 0 spiro atoms. The average molecular weight is 1030 g/mol. The van der Waals surface area contributed by atoms with Crippen molar-refractivity contribution >= 4 is 39.9 Å². The minimum Gasteiger partial charge on any atom is -0.480 e. The number of hydrogen-bond donors (Lipinski definition) is 4. The third kappa shape index (κ3) is 13.9. The summed E-state index contributed by atoms with van der Waals surface area (Å²) in [5, 5.41) is 22.3. The van der Waals surface area contributed by atoms with Gasteiger partial charge in [-0.25, -0.2) is 13.8 Å². The monoisotopic (exact) mass is 1030 g/mol. The van der Waals surface area contributed by atoms with E-state index in [0.29, 0.717) is 103 Å². The van der Waals surface area contributed by atoms with Gasteiger partial charge in [0.15, 0.2) is 23.3 Å². The number of aromatic nitrogens is 2. The van der Waals surface area contributed by atoms with Crippen LogP contribution in [-0.2, 0) is 42.3 Å². The molecule has 8 rings (SSSR count). The van der Waals surface area contributed by atoms with Gasteiger partial charge in [0.05, 0.1) is 62.3 Å². The standard InChI is InChI=1S/C53H70F3N9O7S/c1-35-27-64(29-47(68)65-34-53(2,3)50-44(65)25-37(42(30-66)60-50)24-36-10-12-38(54)13-11-36)39(26-59-35)28-63-20-23-71-31-45(63)51(69)58-17-9-7-5-4-6-8-16-57-46(67)32-72-49-40(14-15-41(55)48(49)56)43-33-73-52(61-43)62-18-21-70-22-19-62/h10-15,25,33,35,39,45,59,66H,4-9,16-24,26-32,34H2,1-3H3,(H,57,67)(H,58,69)/t35-,39-,45+/m1/s1. The van der Waals surface area contributed by atoms with E-state index in [4.69, 9.17) is 19.2 Å². The van der Waals surface area contributed by atoms with Gasteiger partial charge >= 0.3 is 0 Å². The molecule has 0 unspecified atom stereocenters. The zero-order chi connectivity index (χ0) is 51.5. The first-order chi connectivity index (χ1) is 35.3. The van der Waals surface area contributed by atoms with Gasteiger partial charge < -0.3 is 45.1 Å². The number of benzene rings is 2. The predicted octanol–water partition coefficient (Wildman–Crippen LogP) is 5.18. The maximum Gasteiger partial charge on any atom is 0.257 e. The minimum absolute atomic E-state index is 0.0309. The molecule has 396 valence electrons. The van der Waals surface area contributed by atoms with Crippen LogP contribution in [0.25, 0.3) is 11.3 Å². The van der Waals surface area contributed by atoms with E-state index in [1.165, 1.54) is 29.5 Å². The van der Waals surface area contributed by atoms with Crippen LogP contribution in [0.4, 0.5) is 24.0 Å². The summed E-state index contributed by atoms with van der Waals surface area (Å²) in [7, 11) is 0. The molecule has 3 atom stereocenters. The maximum atomic E-state index is 14.9. The second kappa shape index (κ2) is 25.3. The molecule has 0 aliphatic carbocycles. The normalized spacial score (nSPS) is 20.2. The van der Waals surface area contributed by atoms with Crippen LogP contribution >= 0.6 is 11.3 Å². The molecule has 4 aliphatic rings. The van der Waals surface area contributed by atoms with Crippen molar-refractivity contribution < 1.29 is 46.9 Å². The van der Waals surface area contributed by atoms with Gasteiger partial charge in [0, 0.05) is 87.3 Å². The van der Waals surface area contributed by atoms with E-state index in [-0.39, 0.29) is 54.2 Å². The Bertz CT molecular complexity index is 2510. The number of thiazole rings is 1. The number of rotatable bonds is 22. The molecule has 6 heterocycles. The van der Waals surface area contributed by atoms with Gasteiger partial charge in [0.25, 0.3) is 5.91 Å². The number of aliphatic hydroxyl groups is 1. The maximum absolute atomic E-state index is 14.9. The fourth-order valence-corrected chi connectivity index (χ4v) is 11.0. The van der Waals surface area contributed by atoms with Gasteiger partial charge in [-0.15, -0.1) is 11.3 Å². The van der Waals surface area contributed by atoms with Gasteiger partial charge in [0.2, 0.25) is 17.6 Å². The summed E-state index contributed by atoms with van der Waals surface area (Å²) in [6, 6.07) is 10.4. The number of ether oxygens (including phenoxy) is 3. The number of aliphatic hydroxyl groups excluding tert-OH is 1. The van der Waals surface area contributed by atoms with E-state index in [1.54, 1.807) is 17.5 Å². The molecule has 4 aliphatic heterocycles. The van der Waals surface area contributed by atoms with Crippen LogP contribution < -0.4 is 30.5 Å². The number of anilines is 2. The van der Waals surface area contributed by atoms with Gasteiger partial charge in [-0.05, 0) is 67.6 Å². The third-order valence-corrected chi connectivity index (χ3v) is 15.0. The lowest BCUT2D eigenvalue weighted by molar-refractivity contribution is -0.134. The number of amides is 3. The van der Waals surface area contributed by atoms with Crippen molar-refractivity contribution in [1.82, 2.24) is 35.7 Å². The third-order valence-electron chi connectivity index (χ3n) is 14.1. The lowest BCUT2D eigenvalue weighted by atomic mass is 9.90. The number of pyridine rings is 1. The summed E-state index contributed by atoms with van der Waals surface area (Å²) in [6.45, 7) is 13.0. The molecule has 4 N–H and O–H groups in total. The number of carbonyl (C=O) groups is 3. The van der Waals surface area contributed by atoms with Crippen LogP contribution in [0.2, 0.25) is 0 Å². The molecule has 0 radical (unpaired) electrons. The minimum atomic E-state index is -1.17. The van der Waals surface area contributed by atoms with Crippen molar-refractivity contribution in [3.8, 4) is 17.0 Å². The van der Waals surface area contributed by atoms with Crippen molar-refractivity contribution in [1.29, 1.82) is 0 Å². The highest BCUT2D eigenvalue weighted by Crippen LogP contribution is 2.41. The van der Waals surface area contributed by atoms with Crippen LogP contribution in [0.5, 0.6) is 5.75 Å². The van der Waals surface area contributed by atoms with Crippen LogP contribution in [0.15, 0.2) is 47.8 Å². The Morgan fingerprint density at radius 3 is 2.40 bits per heavy atom. The smallest absolute Gasteiger partial charge is 0.257 e. The first-order valence-corrected chi connectivity index (χ1v) is 26.6. The summed E-state index contributed by atoms with van der Waals surface area (Å²) in [6.07, 6.45) is 5.76. The summed E-state index contributed by atoms with van der Waals surface area (Å²) in [4.78, 5) is 58.5. The molecule has 2 aromatic heterocycles. The highest BCUT2D eigenvalue weighted by molar-refractivity contribution is 7.14. The molecule has 2 aromatic carbocycles. The van der Waals surface area contributed by atoms with Crippen LogP contribution in [0.1, 0.15) is 81.8 Å². The van der Waals surface area contributed by atoms with Crippen LogP contribution in [-0.4, -0.2) is 159 Å². The first kappa shape index (κ1) is 54.1. The predicted molar refractivity (Wildman–Crippen MR) is 273 cm³/mol. The fraction of sp³-hybridized carbons (Fsp3) is 0.566. The topological polar surface area (TPSA) is 174 Å². The number of morpholine rings is 2. The SMILES string of the molecule is C[C@@H]1CN(CC(=O)N2CC(C)(C)c3nc(CO)c(Cc4ccc(F)cc4)cc32)[C@@H](CN2CCOC[C@H]2C(=O)NCCCCCCCCNC(=O)COc2c(-c3csc(N4CCOCC4)n3)ccc(F)c2F)CN1. The fourth-order valence-electron chi connectivity index (χ4n) is 10.1. The molecule has 73 heavy (non-hydrogen) atoms. The number of carbonyl (C=O) groups excluding carboxylic acids is 3. The molecule has 4 aromatic rings. The van der Waals surface area contributed by atoms with Crippen LogP contribution in [0, 0.1) is 17.5 Å². The zero-order valence-electron chi connectivity index (χ0n) is 42.2. The second-order valence-corrected chi connectivity index (χ2v) is 21.0. The van der Waals surface area contributed by atoms with Crippen LogP contribution in [0.3, 0.4) is 0 Å². The largest absolute Gasteiger partial charge is 0.480 e. The number of fused-ring (bicyclic) bond motifs is 1. The summed E-state index contributed by atoms with van der Waals surface area (Å²) in [5.41, 5.74) is 4.01. The van der Waals surface area contributed by atoms with E-state index in [0.717, 1.165) is 72.2 Å². The number of nitrogens with one attached hydrogen (secondary N) is 3. The summed E-state index contributed by atoms with van der Waals surface area (Å²) < 4.78 is 59.7. The molecular weight excluding hydrogens is 964 g/mol. The Morgan fingerprint density at radius 2 is 1.64 bits per heavy atom. The Hall–Kier alpha value is -5.22. The van der Waals surface area contributed by atoms with E-state index in [1.807, 2.05) is 11.0 Å². The molecule has 0 bridgehead atoms. The van der Waals surface area contributed by atoms with E-state index in [9.17, 15) is 32.7 Å². The molecule has 3 saturated heterocycles. The Kier molecular flexibility index (Phi) is 18.8. The highest BCUT2D eigenvalue weighted by atomic mass is 32.1. The Labute approximate surface area is 430 Å².